The van der Waals surface area contributed by atoms with Crippen LogP contribution in [0.1, 0.15) is 24.9 Å². The molecule has 2 aromatic rings. The van der Waals surface area contributed by atoms with Gasteiger partial charge in [0.05, 0.1) is 25.8 Å². The van der Waals surface area contributed by atoms with E-state index >= 15 is 0 Å². The zero-order valence-electron chi connectivity index (χ0n) is 13.8. The van der Waals surface area contributed by atoms with Crippen LogP contribution in [0.2, 0.25) is 0 Å². The van der Waals surface area contributed by atoms with E-state index in [0.717, 1.165) is 36.8 Å². The lowest BCUT2D eigenvalue weighted by Gasteiger charge is -2.15. The molecule has 1 atom stereocenters. The largest absolute Gasteiger partial charge is 0.489 e. The van der Waals surface area contributed by atoms with Gasteiger partial charge in [-0.15, -0.1) is 10.2 Å². The minimum Gasteiger partial charge on any atom is -0.489 e. The summed E-state index contributed by atoms with van der Waals surface area (Å²) in [7, 11) is 1.76. The van der Waals surface area contributed by atoms with Gasteiger partial charge in [0.1, 0.15) is 11.9 Å². The summed E-state index contributed by atoms with van der Waals surface area (Å²) in [5, 5.41) is 14.8. The fourth-order valence-electron chi connectivity index (χ4n) is 2.66. The van der Waals surface area contributed by atoms with Crippen LogP contribution in [0.5, 0.6) is 5.75 Å². The summed E-state index contributed by atoms with van der Waals surface area (Å²) in [6, 6.07) is 3.70. The average molecular weight is 331 g/mol. The molecular formula is C15H21N7O2. The fraction of sp³-hybridized carbons (Fsp3) is 0.533. The number of hydrogen-bond acceptors (Lipinski definition) is 7. The van der Waals surface area contributed by atoms with Crippen LogP contribution in [-0.4, -0.2) is 55.2 Å². The van der Waals surface area contributed by atoms with Gasteiger partial charge < -0.3 is 10.1 Å². The maximum Gasteiger partial charge on any atom is 0.217 e. The van der Waals surface area contributed by atoms with Crippen molar-refractivity contribution in [1.29, 1.82) is 0 Å². The molecule has 3 heterocycles. The van der Waals surface area contributed by atoms with E-state index in [1.54, 1.807) is 13.2 Å². The monoisotopic (exact) mass is 331 g/mol. The van der Waals surface area contributed by atoms with E-state index in [1.165, 1.54) is 11.7 Å². The van der Waals surface area contributed by atoms with Gasteiger partial charge in [-0.1, -0.05) is 0 Å². The summed E-state index contributed by atoms with van der Waals surface area (Å²) in [6.45, 7) is 4.33. The van der Waals surface area contributed by atoms with Gasteiger partial charge in [0.15, 0.2) is 5.82 Å². The molecule has 1 amide bonds. The predicted molar refractivity (Wildman–Crippen MR) is 84.9 cm³/mol. The third kappa shape index (κ3) is 4.48. The molecule has 1 aliphatic rings. The van der Waals surface area contributed by atoms with Crippen LogP contribution in [0.15, 0.2) is 18.3 Å². The highest BCUT2D eigenvalue weighted by Gasteiger charge is 2.25. The molecule has 2 aromatic heterocycles. The minimum absolute atomic E-state index is 0.0767. The molecule has 1 fully saturated rings. The first-order valence-corrected chi connectivity index (χ1v) is 7.90. The number of carbonyl (C=O) groups excluding carboxylic acids is 1. The fourth-order valence-corrected chi connectivity index (χ4v) is 2.66. The van der Waals surface area contributed by atoms with Crippen molar-refractivity contribution in [3.8, 4) is 5.75 Å². The highest BCUT2D eigenvalue weighted by Crippen LogP contribution is 2.19. The average Bonchev–Trinajstić information content (AvgIpc) is 3.15. The smallest absolute Gasteiger partial charge is 0.217 e. The summed E-state index contributed by atoms with van der Waals surface area (Å²) < 4.78 is 6.04. The molecule has 0 bridgehead atoms. The molecule has 0 saturated carbocycles. The Kier molecular flexibility index (Phi) is 4.99. The number of aryl methyl sites for hydroxylation is 1. The van der Waals surface area contributed by atoms with E-state index in [4.69, 9.17) is 4.74 Å². The third-order valence-corrected chi connectivity index (χ3v) is 3.75. The number of rotatable bonds is 6. The number of hydrogen-bond donors (Lipinski definition) is 1. The van der Waals surface area contributed by atoms with Crippen molar-refractivity contribution in [2.45, 2.75) is 32.5 Å². The number of nitrogens with zero attached hydrogens (tertiary/aromatic N) is 6. The summed E-state index contributed by atoms with van der Waals surface area (Å²) in [4.78, 5) is 18.9. The normalized spacial score (nSPS) is 17.8. The van der Waals surface area contributed by atoms with Crippen LogP contribution in [-0.2, 0) is 24.9 Å². The summed E-state index contributed by atoms with van der Waals surface area (Å²) in [6.07, 6.45) is 2.77. The Labute approximate surface area is 140 Å². The lowest BCUT2D eigenvalue weighted by Crippen LogP contribution is -2.25. The molecule has 9 heteroatoms. The number of tetrazole rings is 1. The Morgan fingerprint density at radius 1 is 1.50 bits per heavy atom. The van der Waals surface area contributed by atoms with Crippen molar-refractivity contribution in [3.05, 3.63) is 29.8 Å². The van der Waals surface area contributed by atoms with Crippen LogP contribution in [0.4, 0.5) is 0 Å². The van der Waals surface area contributed by atoms with Crippen molar-refractivity contribution in [3.63, 3.8) is 0 Å². The van der Waals surface area contributed by atoms with Crippen molar-refractivity contribution >= 4 is 5.91 Å². The second kappa shape index (κ2) is 7.35. The molecule has 9 nitrogen and oxygen atoms in total. The van der Waals surface area contributed by atoms with E-state index in [9.17, 15) is 4.79 Å². The Hall–Kier alpha value is -2.55. The maximum atomic E-state index is 11.0. The Morgan fingerprint density at radius 3 is 3.12 bits per heavy atom. The van der Waals surface area contributed by atoms with Crippen LogP contribution < -0.4 is 10.1 Å². The number of pyridine rings is 1. The zero-order chi connectivity index (χ0) is 16.9. The molecule has 0 spiro atoms. The molecular weight excluding hydrogens is 310 g/mol. The van der Waals surface area contributed by atoms with Crippen LogP contribution >= 0.6 is 0 Å². The van der Waals surface area contributed by atoms with Crippen LogP contribution in [0.3, 0.4) is 0 Å². The second-order valence-electron chi connectivity index (χ2n) is 5.85. The number of ether oxygens (including phenoxy) is 1. The quantitative estimate of drug-likeness (QED) is 0.789. The highest BCUT2D eigenvalue weighted by atomic mass is 16.5. The van der Waals surface area contributed by atoms with Gasteiger partial charge in [0, 0.05) is 32.3 Å². The van der Waals surface area contributed by atoms with Crippen molar-refractivity contribution < 1.29 is 9.53 Å². The van der Waals surface area contributed by atoms with Gasteiger partial charge in [0.25, 0.3) is 0 Å². The Bertz CT molecular complexity index is 703. The Balaban J connectivity index is 1.51. The Morgan fingerprint density at radius 2 is 2.38 bits per heavy atom. The van der Waals surface area contributed by atoms with E-state index in [0.29, 0.717) is 13.1 Å². The van der Waals surface area contributed by atoms with Gasteiger partial charge in [-0.2, -0.15) is 4.80 Å². The van der Waals surface area contributed by atoms with Crippen LogP contribution in [0.25, 0.3) is 0 Å². The van der Waals surface area contributed by atoms with Gasteiger partial charge in [-0.3, -0.25) is 14.7 Å². The van der Waals surface area contributed by atoms with Gasteiger partial charge in [-0.25, -0.2) is 0 Å². The number of aromatic nitrogens is 5. The SMILES string of the molecule is CC(=O)NCc1cc(OC2CCN(Cc3nnn(C)n3)C2)ccn1. The third-order valence-electron chi connectivity index (χ3n) is 3.75. The molecule has 1 saturated heterocycles. The molecule has 1 unspecified atom stereocenters. The first-order valence-electron chi connectivity index (χ1n) is 7.90. The number of amides is 1. The molecule has 1 N–H and O–H groups in total. The highest BCUT2D eigenvalue weighted by molar-refractivity contribution is 5.72. The van der Waals surface area contributed by atoms with Gasteiger partial charge in [0.2, 0.25) is 5.91 Å². The number of likely N-dealkylation sites (tertiary alicyclic amines) is 1. The molecule has 0 aliphatic carbocycles. The zero-order valence-corrected chi connectivity index (χ0v) is 13.8. The topological polar surface area (TPSA) is 98.1 Å². The molecule has 128 valence electrons. The maximum absolute atomic E-state index is 11.0. The van der Waals surface area contributed by atoms with E-state index in [-0.39, 0.29) is 12.0 Å². The minimum atomic E-state index is -0.0767. The van der Waals surface area contributed by atoms with E-state index in [2.05, 4.69) is 30.6 Å². The van der Waals surface area contributed by atoms with E-state index < -0.39 is 0 Å². The first-order chi connectivity index (χ1) is 11.6. The standard InChI is InChI=1S/C15H21N7O2/c1-11(23)17-8-12-7-13(3-5-16-12)24-14-4-6-22(9-14)10-15-18-20-21(2)19-15/h3,5,7,14H,4,6,8-10H2,1-2H3,(H,17,23). The van der Waals surface area contributed by atoms with E-state index in [1.807, 2.05) is 12.1 Å². The lowest BCUT2D eigenvalue weighted by molar-refractivity contribution is -0.119. The first kappa shape index (κ1) is 16.3. The van der Waals surface area contributed by atoms with Crippen molar-refractivity contribution in [2.24, 2.45) is 7.05 Å². The van der Waals surface area contributed by atoms with Gasteiger partial charge >= 0.3 is 0 Å². The summed E-state index contributed by atoms with van der Waals surface area (Å²) >= 11 is 0. The summed E-state index contributed by atoms with van der Waals surface area (Å²) in [5.41, 5.74) is 0.779. The molecule has 3 rings (SSSR count). The molecule has 0 aromatic carbocycles. The van der Waals surface area contributed by atoms with Crippen molar-refractivity contribution in [2.75, 3.05) is 13.1 Å². The molecule has 1 aliphatic heterocycles. The lowest BCUT2D eigenvalue weighted by atomic mass is 10.3. The van der Waals surface area contributed by atoms with Crippen LogP contribution in [0, 0.1) is 0 Å². The summed E-state index contributed by atoms with van der Waals surface area (Å²) in [5.74, 6) is 1.42. The molecule has 0 radical (unpaired) electrons. The second-order valence-corrected chi connectivity index (χ2v) is 5.85. The number of nitrogens with one attached hydrogen (secondary N) is 1. The predicted octanol–water partition coefficient (Wildman–Crippen LogP) is -0.105. The van der Waals surface area contributed by atoms with Crippen molar-refractivity contribution in [1.82, 2.24) is 35.4 Å². The van der Waals surface area contributed by atoms with Gasteiger partial charge in [-0.05, 0) is 17.7 Å². The number of carbonyl (C=O) groups is 1. The molecule has 24 heavy (non-hydrogen) atoms.